The Morgan fingerprint density at radius 3 is 2.04 bits per heavy atom. The molecule has 0 aliphatic carbocycles. The Hall–Kier alpha value is -0.650. The average Bonchev–Trinajstić information content (AvgIpc) is 3.56. The first-order valence-corrected chi connectivity index (χ1v) is 11.3. The van der Waals surface area contributed by atoms with Gasteiger partial charge in [-0.05, 0) is 25.7 Å². The lowest BCUT2D eigenvalue weighted by Gasteiger charge is -2.03. The third-order valence-corrected chi connectivity index (χ3v) is 6.03. The Morgan fingerprint density at radius 1 is 0.741 bits per heavy atom. The molecule has 0 amide bonds. The second-order valence-electron chi connectivity index (χ2n) is 8.40. The summed E-state index contributed by atoms with van der Waals surface area (Å²) < 4.78 is 22.4. The molecule has 0 radical (unpaired) electrons. The molecule has 3 aliphatic heterocycles. The second-order valence-corrected chi connectivity index (χ2v) is 8.40. The average molecular weight is 383 g/mol. The van der Waals surface area contributed by atoms with Crippen molar-refractivity contribution in [2.45, 2.75) is 128 Å². The number of epoxide rings is 3. The summed E-state index contributed by atoms with van der Waals surface area (Å²) in [5.74, 6) is -0.0308. The normalized spacial score (nSPS) is 33.7. The molecule has 6 atom stereocenters. The Balaban J connectivity index is 1.08. The molecule has 3 heterocycles. The largest absolute Gasteiger partial charge is 0.466 e. The standard InChI is InChI=1S/C22H38O5/c1-3-5-13-24-22(23)12-10-8-6-7-9-11-17-19(26-17)15-21-20(27-21)14-18-16(4-2)25-18/h16-21H,3-15H2,1-2H3. The summed E-state index contributed by atoms with van der Waals surface area (Å²) in [5, 5.41) is 0. The number of carbonyl (C=O) groups is 1. The molecule has 0 bridgehead atoms. The maximum atomic E-state index is 11.5. The van der Waals surface area contributed by atoms with Crippen LogP contribution in [0.15, 0.2) is 0 Å². The molecule has 27 heavy (non-hydrogen) atoms. The molecular formula is C22H38O5. The van der Waals surface area contributed by atoms with Gasteiger partial charge in [-0.3, -0.25) is 4.79 Å². The Bertz CT molecular complexity index is 454. The van der Waals surface area contributed by atoms with Gasteiger partial charge in [-0.2, -0.15) is 0 Å². The number of rotatable bonds is 16. The quantitative estimate of drug-likeness (QED) is 0.223. The van der Waals surface area contributed by atoms with E-state index in [4.69, 9.17) is 18.9 Å². The Morgan fingerprint density at radius 2 is 1.33 bits per heavy atom. The lowest BCUT2D eigenvalue weighted by atomic mass is 10.0. The van der Waals surface area contributed by atoms with Gasteiger partial charge in [0, 0.05) is 19.3 Å². The molecule has 5 heteroatoms. The van der Waals surface area contributed by atoms with Gasteiger partial charge < -0.3 is 18.9 Å². The van der Waals surface area contributed by atoms with Crippen LogP contribution in [0.2, 0.25) is 0 Å². The fraction of sp³-hybridized carbons (Fsp3) is 0.955. The summed E-state index contributed by atoms with van der Waals surface area (Å²) in [4.78, 5) is 11.5. The fourth-order valence-electron chi connectivity index (χ4n) is 3.99. The van der Waals surface area contributed by atoms with Crippen LogP contribution >= 0.6 is 0 Å². The van der Waals surface area contributed by atoms with E-state index in [2.05, 4.69) is 13.8 Å². The fourth-order valence-corrected chi connectivity index (χ4v) is 3.99. The topological polar surface area (TPSA) is 63.9 Å². The first kappa shape index (κ1) is 21.1. The second kappa shape index (κ2) is 10.8. The van der Waals surface area contributed by atoms with E-state index in [9.17, 15) is 4.79 Å². The molecule has 3 aliphatic rings. The summed E-state index contributed by atoms with van der Waals surface area (Å²) >= 11 is 0. The summed E-state index contributed by atoms with van der Waals surface area (Å²) in [5.41, 5.74) is 0. The molecular weight excluding hydrogens is 344 g/mol. The number of hydrogen-bond acceptors (Lipinski definition) is 5. The summed E-state index contributed by atoms with van der Waals surface area (Å²) in [6.45, 7) is 4.87. The highest BCUT2D eigenvalue weighted by Crippen LogP contribution is 2.41. The minimum atomic E-state index is -0.0308. The van der Waals surface area contributed by atoms with Gasteiger partial charge in [0.25, 0.3) is 0 Å². The minimum Gasteiger partial charge on any atom is -0.466 e. The minimum absolute atomic E-state index is 0.0308. The molecule has 3 fully saturated rings. The predicted molar refractivity (Wildman–Crippen MR) is 104 cm³/mol. The van der Waals surface area contributed by atoms with Gasteiger partial charge in [-0.25, -0.2) is 0 Å². The molecule has 0 N–H and O–H groups in total. The number of esters is 1. The van der Waals surface area contributed by atoms with Crippen molar-refractivity contribution >= 4 is 5.97 Å². The molecule has 0 aromatic rings. The van der Waals surface area contributed by atoms with Crippen molar-refractivity contribution in [1.82, 2.24) is 0 Å². The van der Waals surface area contributed by atoms with E-state index in [1.807, 2.05) is 0 Å². The van der Waals surface area contributed by atoms with Gasteiger partial charge in [0.1, 0.15) is 0 Å². The molecule has 5 nitrogen and oxygen atoms in total. The van der Waals surface area contributed by atoms with Crippen molar-refractivity contribution in [2.24, 2.45) is 0 Å². The van der Waals surface area contributed by atoms with Crippen LogP contribution in [-0.2, 0) is 23.7 Å². The van der Waals surface area contributed by atoms with Crippen molar-refractivity contribution in [1.29, 1.82) is 0 Å². The molecule has 3 rings (SSSR count). The van der Waals surface area contributed by atoms with Gasteiger partial charge in [0.15, 0.2) is 0 Å². The van der Waals surface area contributed by atoms with Gasteiger partial charge in [-0.15, -0.1) is 0 Å². The maximum absolute atomic E-state index is 11.5. The number of carbonyl (C=O) groups excluding carboxylic acids is 1. The van der Waals surface area contributed by atoms with E-state index in [0.29, 0.717) is 49.7 Å². The van der Waals surface area contributed by atoms with Crippen molar-refractivity contribution in [3.05, 3.63) is 0 Å². The number of ether oxygens (including phenoxy) is 4. The Kier molecular flexibility index (Phi) is 8.41. The van der Waals surface area contributed by atoms with Crippen molar-refractivity contribution < 1.29 is 23.7 Å². The number of unbranched alkanes of at least 4 members (excludes halogenated alkanes) is 5. The van der Waals surface area contributed by atoms with Crippen molar-refractivity contribution in [2.75, 3.05) is 6.61 Å². The first-order chi connectivity index (χ1) is 13.2. The molecule has 3 saturated heterocycles. The third-order valence-electron chi connectivity index (χ3n) is 6.03. The highest BCUT2D eigenvalue weighted by Gasteiger charge is 2.51. The van der Waals surface area contributed by atoms with Gasteiger partial charge in [-0.1, -0.05) is 46.0 Å². The first-order valence-electron chi connectivity index (χ1n) is 11.3. The SMILES string of the molecule is CCCCOC(=O)CCCCCCCC1OC1CC1OC1CC1OC1CC. The van der Waals surface area contributed by atoms with Crippen LogP contribution in [0.3, 0.4) is 0 Å². The molecule has 6 unspecified atom stereocenters. The summed E-state index contributed by atoms with van der Waals surface area (Å²) in [6.07, 6.45) is 15.5. The summed E-state index contributed by atoms with van der Waals surface area (Å²) in [6, 6.07) is 0. The van der Waals surface area contributed by atoms with Crippen molar-refractivity contribution in [3.8, 4) is 0 Å². The van der Waals surface area contributed by atoms with E-state index >= 15 is 0 Å². The van der Waals surface area contributed by atoms with Crippen LogP contribution < -0.4 is 0 Å². The van der Waals surface area contributed by atoms with Crippen molar-refractivity contribution in [3.63, 3.8) is 0 Å². The van der Waals surface area contributed by atoms with Crippen LogP contribution in [0, 0.1) is 0 Å². The smallest absolute Gasteiger partial charge is 0.305 e. The lowest BCUT2D eigenvalue weighted by Crippen LogP contribution is -2.05. The van der Waals surface area contributed by atoms with Crippen LogP contribution in [0.25, 0.3) is 0 Å². The predicted octanol–water partition coefficient (Wildman–Crippen LogP) is 4.55. The van der Waals surface area contributed by atoms with Crippen LogP contribution in [0.4, 0.5) is 0 Å². The van der Waals surface area contributed by atoms with Gasteiger partial charge >= 0.3 is 5.97 Å². The highest BCUT2D eigenvalue weighted by molar-refractivity contribution is 5.69. The third kappa shape index (κ3) is 7.71. The van der Waals surface area contributed by atoms with E-state index in [0.717, 1.165) is 44.9 Å². The monoisotopic (exact) mass is 382 g/mol. The van der Waals surface area contributed by atoms with Gasteiger partial charge in [0.05, 0.1) is 43.2 Å². The lowest BCUT2D eigenvalue weighted by molar-refractivity contribution is -0.143. The zero-order chi connectivity index (χ0) is 19.1. The van der Waals surface area contributed by atoms with E-state index < -0.39 is 0 Å². The number of hydrogen-bond donors (Lipinski definition) is 0. The molecule has 0 saturated carbocycles. The van der Waals surface area contributed by atoms with E-state index in [1.165, 1.54) is 25.7 Å². The van der Waals surface area contributed by atoms with Crippen LogP contribution in [0.5, 0.6) is 0 Å². The zero-order valence-electron chi connectivity index (χ0n) is 17.2. The van der Waals surface area contributed by atoms with Crippen LogP contribution in [0.1, 0.15) is 90.9 Å². The zero-order valence-corrected chi connectivity index (χ0v) is 17.2. The maximum Gasteiger partial charge on any atom is 0.305 e. The van der Waals surface area contributed by atoms with Gasteiger partial charge in [0.2, 0.25) is 0 Å². The van der Waals surface area contributed by atoms with E-state index in [-0.39, 0.29) is 5.97 Å². The molecule has 0 aromatic heterocycles. The Labute approximate surface area is 164 Å². The van der Waals surface area contributed by atoms with Crippen LogP contribution in [-0.4, -0.2) is 49.2 Å². The summed E-state index contributed by atoms with van der Waals surface area (Å²) in [7, 11) is 0. The molecule has 156 valence electrons. The molecule has 0 spiro atoms. The van der Waals surface area contributed by atoms with E-state index in [1.54, 1.807) is 0 Å². The highest BCUT2D eigenvalue weighted by atomic mass is 16.6. The molecule has 0 aromatic carbocycles.